The number of halogens is 1. The van der Waals surface area contributed by atoms with Crippen molar-refractivity contribution in [2.24, 2.45) is 4.99 Å². The van der Waals surface area contributed by atoms with Crippen molar-refractivity contribution in [2.75, 3.05) is 7.11 Å². The summed E-state index contributed by atoms with van der Waals surface area (Å²) in [7, 11) is 1.50. The topological polar surface area (TPSA) is 72.3 Å². The van der Waals surface area contributed by atoms with Crippen molar-refractivity contribution in [1.82, 2.24) is 9.38 Å². The van der Waals surface area contributed by atoms with Crippen LogP contribution in [0.25, 0.3) is 17.1 Å². The molecule has 4 aromatic rings. The van der Waals surface area contributed by atoms with Crippen LogP contribution in [0.4, 0.5) is 5.82 Å². The Hall–Kier alpha value is -3.06. The van der Waals surface area contributed by atoms with Gasteiger partial charge in [-0.2, -0.15) is 0 Å². The Kier molecular flexibility index (Phi) is 4.22. The summed E-state index contributed by atoms with van der Waals surface area (Å²) in [5.41, 5.74) is 2.19. The number of ether oxygens (including phenoxy) is 1. The fourth-order valence-electron chi connectivity index (χ4n) is 2.64. The number of furan rings is 1. The molecule has 7 heteroatoms. The number of rotatable bonds is 4. The number of imidazole rings is 1. The third-order valence-corrected chi connectivity index (χ3v) is 4.47. The molecule has 0 aliphatic carbocycles. The number of nitrogens with zero attached hydrogens (tertiary/aromatic N) is 3. The number of pyridine rings is 1. The summed E-state index contributed by atoms with van der Waals surface area (Å²) in [4.78, 5) is 9.24. The predicted octanol–water partition coefficient (Wildman–Crippen LogP) is 4.82. The smallest absolute Gasteiger partial charge is 0.172 e. The third-order valence-electron chi connectivity index (χ3n) is 3.87. The van der Waals surface area contributed by atoms with Crippen LogP contribution in [0.1, 0.15) is 5.56 Å². The van der Waals surface area contributed by atoms with Crippen LogP contribution in [0, 0.1) is 0 Å². The summed E-state index contributed by atoms with van der Waals surface area (Å²) in [6.07, 6.45) is 5.19. The zero-order valence-electron chi connectivity index (χ0n) is 13.8. The minimum atomic E-state index is 0.0516. The molecule has 0 aliphatic rings. The van der Waals surface area contributed by atoms with E-state index in [4.69, 9.17) is 9.15 Å². The first-order valence-electron chi connectivity index (χ1n) is 7.79. The molecule has 3 aromatic heterocycles. The van der Waals surface area contributed by atoms with Crippen molar-refractivity contribution in [3.05, 3.63) is 65.0 Å². The van der Waals surface area contributed by atoms with Crippen LogP contribution in [0.5, 0.6) is 11.5 Å². The minimum Gasteiger partial charge on any atom is -0.503 e. The number of fused-ring (bicyclic) bond motifs is 1. The molecule has 0 amide bonds. The van der Waals surface area contributed by atoms with Crippen LogP contribution in [0.15, 0.2) is 68.8 Å². The molecule has 130 valence electrons. The second-order valence-corrected chi connectivity index (χ2v) is 6.36. The Labute approximate surface area is 157 Å². The number of aromatic hydroxyl groups is 1. The molecule has 6 nitrogen and oxygen atoms in total. The predicted molar refractivity (Wildman–Crippen MR) is 103 cm³/mol. The standard InChI is InChI=1S/C19H14BrN3O3/c1-25-15-10-12(9-13(20)18(15)24)11-21-19-17(14-5-4-8-26-14)22-16-6-2-3-7-23(16)19/h2-11,24H,1H3. The maximum absolute atomic E-state index is 9.94. The van der Waals surface area contributed by atoms with Crippen LogP contribution in [-0.4, -0.2) is 27.8 Å². The van der Waals surface area contributed by atoms with Gasteiger partial charge in [-0.3, -0.25) is 4.40 Å². The molecule has 1 N–H and O–H groups in total. The number of hydrogen-bond donors (Lipinski definition) is 1. The van der Waals surface area contributed by atoms with Crippen molar-refractivity contribution >= 4 is 33.6 Å². The van der Waals surface area contributed by atoms with Gasteiger partial charge in [-0.25, -0.2) is 9.98 Å². The molecular weight excluding hydrogens is 398 g/mol. The van der Waals surface area contributed by atoms with Crippen LogP contribution in [0.2, 0.25) is 0 Å². The molecule has 0 saturated carbocycles. The molecule has 0 spiro atoms. The highest BCUT2D eigenvalue weighted by Gasteiger charge is 2.15. The number of phenolic OH excluding ortho intramolecular Hbond substituents is 1. The summed E-state index contributed by atoms with van der Waals surface area (Å²) >= 11 is 3.32. The van der Waals surface area contributed by atoms with Crippen molar-refractivity contribution < 1.29 is 14.3 Å². The van der Waals surface area contributed by atoms with E-state index in [0.717, 1.165) is 11.2 Å². The van der Waals surface area contributed by atoms with E-state index in [1.54, 1.807) is 24.6 Å². The average molecular weight is 412 g/mol. The summed E-state index contributed by atoms with van der Waals surface area (Å²) in [5.74, 6) is 1.71. The largest absolute Gasteiger partial charge is 0.503 e. The number of methoxy groups -OCH3 is 1. The van der Waals surface area contributed by atoms with Gasteiger partial charge < -0.3 is 14.3 Å². The molecule has 1 aromatic carbocycles. The lowest BCUT2D eigenvalue weighted by atomic mass is 10.2. The SMILES string of the molecule is COc1cc(C=Nc2c(-c3ccco3)nc3ccccn23)cc(Br)c1O. The first-order chi connectivity index (χ1) is 12.7. The number of aliphatic imine (C=N–C) groups is 1. The highest BCUT2D eigenvalue weighted by atomic mass is 79.9. The molecular formula is C19H14BrN3O3. The first-order valence-corrected chi connectivity index (χ1v) is 8.58. The Balaban J connectivity index is 1.83. The Bertz CT molecular complexity index is 1100. The van der Waals surface area contributed by atoms with Crippen LogP contribution in [0.3, 0.4) is 0 Å². The summed E-state index contributed by atoms with van der Waals surface area (Å²) < 4.78 is 13.1. The minimum absolute atomic E-state index is 0.0516. The molecule has 3 heterocycles. The zero-order chi connectivity index (χ0) is 18.1. The lowest BCUT2D eigenvalue weighted by molar-refractivity contribution is 0.372. The lowest BCUT2D eigenvalue weighted by Crippen LogP contribution is -1.89. The average Bonchev–Trinajstić information content (AvgIpc) is 3.30. The Morgan fingerprint density at radius 1 is 1.27 bits per heavy atom. The number of phenols is 1. The van der Waals surface area contributed by atoms with Crippen molar-refractivity contribution in [1.29, 1.82) is 0 Å². The van der Waals surface area contributed by atoms with E-state index in [-0.39, 0.29) is 5.75 Å². The van der Waals surface area contributed by atoms with Crippen LogP contribution >= 0.6 is 15.9 Å². The van der Waals surface area contributed by atoms with Gasteiger partial charge in [0, 0.05) is 12.4 Å². The van der Waals surface area contributed by atoms with Gasteiger partial charge in [0.15, 0.2) is 28.8 Å². The van der Waals surface area contributed by atoms with Gasteiger partial charge in [-0.15, -0.1) is 0 Å². The quantitative estimate of drug-likeness (QED) is 0.488. The molecule has 0 fully saturated rings. The van der Waals surface area contributed by atoms with E-state index < -0.39 is 0 Å². The van der Waals surface area contributed by atoms with Gasteiger partial charge in [0.25, 0.3) is 0 Å². The van der Waals surface area contributed by atoms with E-state index >= 15 is 0 Å². The summed E-state index contributed by atoms with van der Waals surface area (Å²) in [6, 6.07) is 12.9. The monoisotopic (exact) mass is 411 g/mol. The lowest BCUT2D eigenvalue weighted by Gasteiger charge is -2.06. The maximum Gasteiger partial charge on any atom is 0.172 e. The second kappa shape index (κ2) is 6.68. The zero-order valence-corrected chi connectivity index (χ0v) is 15.3. The second-order valence-electron chi connectivity index (χ2n) is 5.50. The van der Waals surface area contributed by atoms with Gasteiger partial charge >= 0.3 is 0 Å². The first kappa shape index (κ1) is 16.4. The summed E-state index contributed by atoms with van der Waals surface area (Å²) in [5, 5.41) is 9.94. The van der Waals surface area contributed by atoms with E-state index in [1.807, 2.05) is 40.9 Å². The fourth-order valence-corrected chi connectivity index (χ4v) is 3.10. The van der Waals surface area contributed by atoms with E-state index in [9.17, 15) is 5.11 Å². The van der Waals surface area contributed by atoms with E-state index in [0.29, 0.717) is 27.5 Å². The number of hydrogen-bond acceptors (Lipinski definition) is 5. The maximum atomic E-state index is 9.94. The molecule has 0 bridgehead atoms. The number of aromatic nitrogens is 2. The highest BCUT2D eigenvalue weighted by molar-refractivity contribution is 9.10. The molecule has 4 rings (SSSR count). The van der Waals surface area contributed by atoms with Gasteiger partial charge in [0.2, 0.25) is 0 Å². The van der Waals surface area contributed by atoms with Gasteiger partial charge in [0.05, 0.1) is 17.8 Å². The molecule has 0 atom stereocenters. The third kappa shape index (κ3) is 2.86. The summed E-state index contributed by atoms with van der Waals surface area (Å²) in [6.45, 7) is 0. The Morgan fingerprint density at radius 2 is 2.15 bits per heavy atom. The molecule has 26 heavy (non-hydrogen) atoms. The number of benzene rings is 1. The molecule has 0 unspecified atom stereocenters. The van der Waals surface area contributed by atoms with E-state index in [2.05, 4.69) is 25.9 Å². The van der Waals surface area contributed by atoms with Crippen molar-refractivity contribution in [3.8, 4) is 23.0 Å². The Morgan fingerprint density at radius 3 is 2.92 bits per heavy atom. The fraction of sp³-hybridized carbons (Fsp3) is 0.0526. The van der Waals surface area contributed by atoms with E-state index in [1.165, 1.54) is 7.11 Å². The molecule has 0 saturated heterocycles. The van der Waals surface area contributed by atoms with Crippen molar-refractivity contribution in [3.63, 3.8) is 0 Å². The molecule has 0 radical (unpaired) electrons. The van der Waals surface area contributed by atoms with Gasteiger partial charge in [-0.1, -0.05) is 6.07 Å². The molecule has 0 aliphatic heterocycles. The highest BCUT2D eigenvalue weighted by Crippen LogP contribution is 2.35. The normalized spacial score (nSPS) is 11.5. The van der Waals surface area contributed by atoms with Gasteiger partial charge in [-0.05, 0) is 57.9 Å². The van der Waals surface area contributed by atoms with Crippen molar-refractivity contribution in [2.45, 2.75) is 0 Å². The van der Waals surface area contributed by atoms with Crippen LogP contribution in [-0.2, 0) is 0 Å². The van der Waals surface area contributed by atoms with Crippen LogP contribution < -0.4 is 4.74 Å². The van der Waals surface area contributed by atoms with Gasteiger partial charge in [0.1, 0.15) is 5.65 Å².